The van der Waals surface area contributed by atoms with Crippen LogP contribution in [0.2, 0.25) is 0 Å². The number of esters is 1. The molecule has 30 heavy (non-hydrogen) atoms. The van der Waals surface area contributed by atoms with Crippen LogP contribution >= 0.6 is 0 Å². The van der Waals surface area contributed by atoms with Crippen molar-refractivity contribution >= 4 is 23.3 Å². The van der Waals surface area contributed by atoms with E-state index in [9.17, 15) is 19.2 Å². The molecular formula is C25H34O5. The predicted molar refractivity (Wildman–Crippen MR) is 111 cm³/mol. The van der Waals surface area contributed by atoms with Gasteiger partial charge in [0.15, 0.2) is 5.78 Å². The average molecular weight is 415 g/mol. The summed E-state index contributed by atoms with van der Waals surface area (Å²) in [7, 11) is 0. The molecule has 5 heteroatoms. The second-order valence-electron chi connectivity index (χ2n) is 10.4. The Morgan fingerprint density at radius 2 is 1.73 bits per heavy atom. The Balaban J connectivity index is 1.70. The molecule has 4 rings (SSSR count). The van der Waals surface area contributed by atoms with Crippen LogP contribution in [0.15, 0.2) is 11.1 Å². The first kappa shape index (κ1) is 21.5. The molecule has 0 amide bonds. The predicted octanol–water partition coefficient (Wildman–Crippen LogP) is 4.23. The summed E-state index contributed by atoms with van der Waals surface area (Å²) < 4.78 is 4.92. The molecule has 3 saturated carbocycles. The van der Waals surface area contributed by atoms with E-state index in [0.717, 1.165) is 44.1 Å². The zero-order chi connectivity index (χ0) is 21.8. The molecule has 0 heterocycles. The van der Waals surface area contributed by atoms with Crippen molar-refractivity contribution in [3.8, 4) is 0 Å². The Bertz CT molecular complexity index is 838. The first-order valence-electron chi connectivity index (χ1n) is 11.6. The smallest absolute Gasteiger partial charge is 0.379 e. The van der Waals surface area contributed by atoms with Gasteiger partial charge in [0.25, 0.3) is 5.78 Å². The molecule has 0 aromatic carbocycles. The van der Waals surface area contributed by atoms with Crippen molar-refractivity contribution < 1.29 is 23.9 Å². The molecule has 0 radical (unpaired) electrons. The zero-order valence-electron chi connectivity index (χ0n) is 18.7. The standard InChI is InChI=1S/C25H34O5/c1-5-30-23(29)22(28)21-19-7-6-15-17-9-8-16(14(2)26)24(17,3)12-10-18(15)25(19,4)13-11-20(21)27/h15-18H,5-13H2,1-4H3/t15-,16+,17-,18-,24+,25+/m0/s1. The van der Waals surface area contributed by atoms with Crippen molar-refractivity contribution in [3.63, 3.8) is 0 Å². The van der Waals surface area contributed by atoms with Gasteiger partial charge in [0.05, 0.1) is 12.2 Å². The Morgan fingerprint density at radius 3 is 2.40 bits per heavy atom. The fourth-order valence-corrected chi connectivity index (χ4v) is 7.94. The highest BCUT2D eigenvalue weighted by molar-refractivity contribution is 6.47. The van der Waals surface area contributed by atoms with E-state index in [1.807, 2.05) is 0 Å². The van der Waals surface area contributed by atoms with Crippen LogP contribution in [0.25, 0.3) is 0 Å². The van der Waals surface area contributed by atoms with Crippen LogP contribution in [-0.2, 0) is 23.9 Å². The molecule has 0 bridgehead atoms. The maximum Gasteiger partial charge on any atom is 0.379 e. The summed E-state index contributed by atoms with van der Waals surface area (Å²) >= 11 is 0. The number of rotatable bonds is 4. The number of ketones is 3. The highest BCUT2D eigenvalue weighted by Gasteiger charge is 2.60. The number of Topliss-reactive ketones (excluding diaryl/α,β-unsaturated/α-hetero) is 3. The van der Waals surface area contributed by atoms with Gasteiger partial charge >= 0.3 is 5.97 Å². The minimum atomic E-state index is -0.906. The van der Waals surface area contributed by atoms with E-state index in [1.54, 1.807) is 13.8 Å². The lowest BCUT2D eigenvalue weighted by atomic mass is 9.46. The van der Waals surface area contributed by atoms with Crippen LogP contribution in [0.1, 0.15) is 79.1 Å². The number of hydrogen-bond acceptors (Lipinski definition) is 5. The Hall–Kier alpha value is -1.78. The molecule has 164 valence electrons. The minimum Gasteiger partial charge on any atom is -0.460 e. The molecule has 0 unspecified atom stereocenters. The molecule has 4 aliphatic rings. The lowest BCUT2D eigenvalue weighted by Crippen LogP contribution is -2.52. The number of hydrogen-bond donors (Lipinski definition) is 0. The largest absolute Gasteiger partial charge is 0.460 e. The van der Waals surface area contributed by atoms with E-state index >= 15 is 0 Å². The van der Waals surface area contributed by atoms with Crippen LogP contribution in [-0.4, -0.2) is 29.9 Å². The normalized spacial score (nSPS) is 40.3. The number of allylic oxidation sites excluding steroid dienone is 1. The van der Waals surface area contributed by atoms with Crippen LogP contribution in [0, 0.1) is 34.5 Å². The fraction of sp³-hybridized carbons (Fsp3) is 0.760. The topological polar surface area (TPSA) is 77.5 Å². The van der Waals surface area contributed by atoms with Gasteiger partial charge in [-0.05, 0) is 93.0 Å². The summed E-state index contributed by atoms with van der Waals surface area (Å²) in [6.07, 6.45) is 6.85. The third kappa shape index (κ3) is 2.95. The highest BCUT2D eigenvalue weighted by Crippen LogP contribution is 2.67. The van der Waals surface area contributed by atoms with Gasteiger partial charge in [-0.15, -0.1) is 0 Å². The van der Waals surface area contributed by atoms with E-state index in [4.69, 9.17) is 4.74 Å². The Labute approximate surface area is 179 Å². The van der Waals surface area contributed by atoms with Crippen LogP contribution < -0.4 is 0 Å². The molecule has 0 saturated heterocycles. The molecular weight excluding hydrogens is 380 g/mol. The number of carbonyl (C=O) groups is 4. The fourth-order valence-electron chi connectivity index (χ4n) is 7.94. The molecule has 6 atom stereocenters. The second kappa shape index (κ2) is 7.42. The molecule has 0 aromatic heterocycles. The minimum absolute atomic E-state index is 0.0820. The van der Waals surface area contributed by atoms with E-state index in [1.165, 1.54) is 0 Å². The molecule has 4 aliphatic carbocycles. The Kier molecular flexibility index (Phi) is 5.31. The van der Waals surface area contributed by atoms with Gasteiger partial charge < -0.3 is 4.74 Å². The molecule has 0 aliphatic heterocycles. The van der Waals surface area contributed by atoms with E-state index in [-0.39, 0.29) is 34.7 Å². The summed E-state index contributed by atoms with van der Waals surface area (Å²) in [6.45, 7) is 8.06. The van der Waals surface area contributed by atoms with Gasteiger partial charge in [0.2, 0.25) is 0 Å². The van der Waals surface area contributed by atoms with Gasteiger partial charge in [-0.3, -0.25) is 14.4 Å². The Morgan fingerprint density at radius 1 is 1.00 bits per heavy atom. The quantitative estimate of drug-likeness (QED) is 0.391. The second-order valence-corrected chi connectivity index (χ2v) is 10.4. The zero-order valence-corrected chi connectivity index (χ0v) is 18.7. The van der Waals surface area contributed by atoms with Gasteiger partial charge in [-0.25, -0.2) is 4.79 Å². The number of ether oxygens (including phenoxy) is 1. The van der Waals surface area contributed by atoms with E-state index in [2.05, 4.69) is 13.8 Å². The third-order valence-electron chi connectivity index (χ3n) is 9.30. The average Bonchev–Trinajstić information content (AvgIpc) is 3.05. The number of carbonyl (C=O) groups excluding carboxylic acids is 4. The maximum absolute atomic E-state index is 12.8. The molecule has 0 N–H and O–H groups in total. The molecule has 0 aromatic rings. The van der Waals surface area contributed by atoms with Gasteiger partial charge in [0, 0.05) is 12.3 Å². The van der Waals surface area contributed by atoms with E-state index in [0.29, 0.717) is 36.4 Å². The van der Waals surface area contributed by atoms with Crippen molar-refractivity contribution in [2.75, 3.05) is 6.61 Å². The van der Waals surface area contributed by atoms with Crippen molar-refractivity contribution in [2.24, 2.45) is 34.5 Å². The lowest BCUT2D eigenvalue weighted by molar-refractivity contribution is -0.152. The first-order chi connectivity index (χ1) is 14.1. The first-order valence-corrected chi connectivity index (χ1v) is 11.6. The summed E-state index contributed by atoms with van der Waals surface area (Å²) in [5.74, 6) is 0.101. The lowest BCUT2D eigenvalue weighted by Gasteiger charge is -2.58. The third-order valence-corrected chi connectivity index (χ3v) is 9.30. The van der Waals surface area contributed by atoms with E-state index < -0.39 is 11.8 Å². The highest BCUT2D eigenvalue weighted by atomic mass is 16.5. The van der Waals surface area contributed by atoms with Gasteiger partial charge in [-0.1, -0.05) is 13.8 Å². The van der Waals surface area contributed by atoms with Crippen LogP contribution in [0.5, 0.6) is 0 Å². The van der Waals surface area contributed by atoms with Crippen LogP contribution in [0.4, 0.5) is 0 Å². The molecule has 3 fully saturated rings. The molecule has 0 spiro atoms. The van der Waals surface area contributed by atoms with Gasteiger partial charge in [-0.2, -0.15) is 0 Å². The van der Waals surface area contributed by atoms with Crippen molar-refractivity contribution in [1.82, 2.24) is 0 Å². The van der Waals surface area contributed by atoms with Crippen molar-refractivity contribution in [2.45, 2.75) is 79.1 Å². The number of fused-ring (bicyclic) bond motifs is 5. The summed E-state index contributed by atoms with van der Waals surface area (Å²) in [6, 6.07) is 0. The summed E-state index contributed by atoms with van der Waals surface area (Å²) in [5.41, 5.74) is 0.896. The van der Waals surface area contributed by atoms with Crippen molar-refractivity contribution in [3.05, 3.63) is 11.1 Å². The molecule has 5 nitrogen and oxygen atoms in total. The van der Waals surface area contributed by atoms with Crippen LogP contribution in [0.3, 0.4) is 0 Å². The summed E-state index contributed by atoms with van der Waals surface area (Å²) in [4.78, 5) is 50.0. The van der Waals surface area contributed by atoms with Gasteiger partial charge in [0.1, 0.15) is 5.78 Å². The van der Waals surface area contributed by atoms with Crippen molar-refractivity contribution in [1.29, 1.82) is 0 Å². The maximum atomic E-state index is 12.8. The monoisotopic (exact) mass is 414 g/mol. The SMILES string of the molecule is CCOC(=O)C(=O)C1=C2CC[C@H]3[C@@H]4CC[C@H](C(C)=O)[C@@]4(C)CC[C@@H]3[C@@]2(C)CCC1=O. The summed E-state index contributed by atoms with van der Waals surface area (Å²) in [5, 5.41) is 0.